The fourth-order valence-corrected chi connectivity index (χ4v) is 1.76. The first kappa shape index (κ1) is 12.0. The number of nitrogens with zero attached hydrogens (tertiary/aromatic N) is 2. The SMILES string of the molecule is NCc1ccc(C(=O)N(CCO)C2CC2)nc1. The molecule has 5 nitrogen and oxygen atoms in total. The Morgan fingerprint density at radius 1 is 1.53 bits per heavy atom. The Kier molecular flexibility index (Phi) is 3.71. The first-order valence-electron chi connectivity index (χ1n) is 5.83. The number of carbonyl (C=O) groups excluding carboxylic acids is 1. The second-order valence-electron chi connectivity index (χ2n) is 4.21. The van der Waals surface area contributed by atoms with E-state index in [1.165, 1.54) is 0 Å². The molecule has 1 saturated carbocycles. The average Bonchev–Trinajstić information content (AvgIpc) is 3.19. The molecule has 0 spiro atoms. The summed E-state index contributed by atoms with van der Waals surface area (Å²) in [5.41, 5.74) is 6.80. The Bertz CT molecular complexity index is 387. The molecule has 5 heteroatoms. The minimum Gasteiger partial charge on any atom is -0.395 e. The first-order chi connectivity index (χ1) is 8.26. The molecular weight excluding hydrogens is 218 g/mol. The van der Waals surface area contributed by atoms with Gasteiger partial charge in [-0.1, -0.05) is 6.07 Å². The van der Waals surface area contributed by atoms with E-state index in [0.717, 1.165) is 18.4 Å². The normalized spacial score (nSPS) is 14.7. The van der Waals surface area contributed by atoms with Crippen molar-refractivity contribution in [2.75, 3.05) is 13.2 Å². The van der Waals surface area contributed by atoms with Crippen LogP contribution in [0.5, 0.6) is 0 Å². The van der Waals surface area contributed by atoms with Gasteiger partial charge in [0.1, 0.15) is 5.69 Å². The highest BCUT2D eigenvalue weighted by Crippen LogP contribution is 2.27. The van der Waals surface area contributed by atoms with Gasteiger partial charge in [-0.2, -0.15) is 0 Å². The summed E-state index contributed by atoms with van der Waals surface area (Å²) in [6.45, 7) is 0.789. The van der Waals surface area contributed by atoms with Crippen molar-refractivity contribution >= 4 is 5.91 Å². The minimum absolute atomic E-state index is 0.0108. The summed E-state index contributed by atoms with van der Waals surface area (Å²) in [7, 11) is 0. The van der Waals surface area contributed by atoms with Crippen LogP contribution < -0.4 is 5.73 Å². The summed E-state index contributed by atoms with van der Waals surface area (Å²) in [6, 6.07) is 3.78. The topological polar surface area (TPSA) is 79.5 Å². The van der Waals surface area contributed by atoms with E-state index >= 15 is 0 Å². The molecule has 0 aliphatic heterocycles. The van der Waals surface area contributed by atoms with Crippen LogP contribution in [0.1, 0.15) is 28.9 Å². The predicted octanol–water partition coefficient (Wildman–Crippen LogP) is 0.137. The van der Waals surface area contributed by atoms with E-state index in [9.17, 15) is 4.79 Å². The number of hydrogen-bond donors (Lipinski definition) is 2. The summed E-state index contributed by atoms with van der Waals surface area (Å²) in [6.07, 6.45) is 3.66. The Labute approximate surface area is 100 Å². The molecule has 1 heterocycles. The van der Waals surface area contributed by atoms with Crippen LogP contribution in [0.25, 0.3) is 0 Å². The number of rotatable bonds is 5. The van der Waals surface area contributed by atoms with Gasteiger partial charge in [0.2, 0.25) is 0 Å². The minimum atomic E-state index is -0.106. The molecule has 0 aromatic carbocycles. The highest BCUT2D eigenvalue weighted by atomic mass is 16.3. The van der Waals surface area contributed by atoms with Crippen molar-refractivity contribution < 1.29 is 9.90 Å². The molecule has 0 saturated heterocycles. The number of nitrogens with two attached hydrogens (primary N) is 1. The summed E-state index contributed by atoms with van der Waals surface area (Å²) in [4.78, 5) is 17.9. The Morgan fingerprint density at radius 3 is 2.76 bits per heavy atom. The number of amides is 1. The molecule has 0 atom stereocenters. The second-order valence-corrected chi connectivity index (χ2v) is 4.21. The largest absolute Gasteiger partial charge is 0.395 e. The van der Waals surface area contributed by atoms with Crippen LogP contribution in [-0.2, 0) is 6.54 Å². The van der Waals surface area contributed by atoms with Gasteiger partial charge in [0, 0.05) is 25.3 Å². The Balaban J connectivity index is 2.10. The number of aromatic nitrogens is 1. The zero-order valence-corrected chi connectivity index (χ0v) is 9.67. The van der Waals surface area contributed by atoms with Gasteiger partial charge in [0.25, 0.3) is 5.91 Å². The molecule has 1 aromatic heterocycles. The van der Waals surface area contributed by atoms with Crippen LogP contribution in [0.2, 0.25) is 0 Å². The number of hydrogen-bond acceptors (Lipinski definition) is 4. The van der Waals surface area contributed by atoms with Gasteiger partial charge in [-0.15, -0.1) is 0 Å². The van der Waals surface area contributed by atoms with Gasteiger partial charge in [-0.3, -0.25) is 9.78 Å². The van der Waals surface area contributed by atoms with Gasteiger partial charge in [0.15, 0.2) is 0 Å². The lowest BCUT2D eigenvalue weighted by molar-refractivity contribution is 0.0701. The highest BCUT2D eigenvalue weighted by Gasteiger charge is 2.32. The molecule has 3 N–H and O–H groups in total. The summed E-state index contributed by atoms with van der Waals surface area (Å²) in [5.74, 6) is -0.106. The molecule has 1 aliphatic rings. The van der Waals surface area contributed by atoms with Crippen molar-refractivity contribution in [1.29, 1.82) is 0 Å². The van der Waals surface area contributed by atoms with Crippen molar-refractivity contribution in [3.63, 3.8) is 0 Å². The van der Waals surface area contributed by atoms with Gasteiger partial charge in [-0.25, -0.2) is 0 Å². The molecule has 92 valence electrons. The molecule has 0 unspecified atom stereocenters. The van der Waals surface area contributed by atoms with Gasteiger partial charge in [0.05, 0.1) is 6.61 Å². The number of aliphatic hydroxyl groups excluding tert-OH is 1. The molecular formula is C12H17N3O2. The van der Waals surface area contributed by atoms with E-state index in [4.69, 9.17) is 10.8 Å². The van der Waals surface area contributed by atoms with Crippen molar-refractivity contribution in [2.45, 2.75) is 25.4 Å². The predicted molar refractivity (Wildman–Crippen MR) is 63.3 cm³/mol. The van der Waals surface area contributed by atoms with Gasteiger partial charge in [-0.05, 0) is 24.5 Å². The third-order valence-electron chi connectivity index (χ3n) is 2.87. The van der Waals surface area contributed by atoms with E-state index in [2.05, 4.69) is 4.98 Å². The fraction of sp³-hybridized carbons (Fsp3) is 0.500. The van der Waals surface area contributed by atoms with Crippen molar-refractivity contribution in [3.8, 4) is 0 Å². The summed E-state index contributed by atoms with van der Waals surface area (Å²) in [5, 5.41) is 8.96. The lowest BCUT2D eigenvalue weighted by Gasteiger charge is -2.20. The van der Waals surface area contributed by atoms with Crippen LogP contribution in [-0.4, -0.2) is 40.1 Å². The molecule has 1 aliphatic carbocycles. The van der Waals surface area contributed by atoms with E-state index in [0.29, 0.717) is 18.8 Å². The van der Waals surface area contributed by atoms with E-state index in [-0.39, 0.29) is 18.6 Å². The lowest BCUT2D eigenvalue weighted by atomic mass is 10.2. The smallest absolute Gasteiger partial charge is 0.272 e. The average molecular weight is 235 g/mol. The third kappa shape index (κ3) is 2.81. The maximum Gasteiger partial charge on any atom is 0.272 e. The fourth-order valence-electron chi connectivity index (χ4n) is 1.76. The zero-order valence-electron chi connectivity index (χ0n) is 9.67. The van der Waals surface area contributed by atoms with E-state index < -0.39 is 0 Å². The van der Waals surface area contributed by atoms with Crippen LogP contribution in [0.3, 0.4) is 0 Å². The summed E-state index contributed by atoms with van der Waals surface area (Å²) < 4.78 is 0. The maximum atomic E-state index is 12.1. The second kappa shape index (κ2) is 5.25. The Morgan fingerprint density at radius 2 is 2.29 bits per heavy atom. The van der Waals surface area contributed by atoms with Crippen LogP contribution in [0.15, 0.2) is 18.3 Å². The van der Waals surface area contributed by atoms with Crippen molar-refractivity contribution in [3.05, 3.63) is 29.6 Å². The van der Waals surface area contributed by atoms with E-state index in [1.807, 2.05) is 6.07 Å². The molecule has 2 rings (SSSR count). The molecule has 0 radical (unpaired) electrons. The highest BCUT2D eigenvalue weighted by molar-refractivity contribution is 5.92. The molecule has 17 heavy (non-hydrogen) atoms. The monoisotopic (exact) mass is 235 g/mol. The van der Waals surface area contributed by atoms with Crippen LogP contribution in [0.4, 0.5) is 0 Å². The van der Waals surface area contributed by atoms with E-state index in [1.54, 1.807) is 17.2 Å². The first-order valence-corrected chi connectivity index (χ1v) is 5.83. The summed E-state index contributed by atoms with van der Waals surface area (Å²) >= 11 is 0. The standard InChI is InChI=1S/C12H17N3O2/c13-7-9-1-4-11(14-8-9)12(17)15(5-6-16)10-2-3-10/h1,4,8,10,16H,2-3,5-7,13H2. The molecule has 1 fully saturated rings. The number of pyridine rings is 1. The van der Waals surface area contributed by atoms with Crippen molar-refractivity contribution in [2.24, 2.45) is 5.73 Å². The molecule has 0 bridgehead atoms. The van der Waals surface area contributed by atoms with Crippen LogP contribution >= 0.6 is 0 Å². The quantitative estimate of drug-likeness (QED) is 0.760. The maximum absolute atomic E-state index is 12.1. The lowest BCUT2D eigenvalue weighted by Crippen LogP contribution is -2.36. The van der Waals surface area contributed by atoms with Gasteiger partial charge < -0.3 is 15.7 Å². The Hall–Kier alpha value is -1.46. The zero-order chi connectivity index (χ0) is 12.3. The third-order valence-corrected chi connectivity index (χ3v) is 2.87. The molecule has 1 aromatic rings. The van der Waals surface area contributed by atoms with Crippen molar-refractivity contribution in [1.82, 2.24) is 9.88 Å². The van der Waals surface area contributed by atoms with Gasteiger partial charge >= 0.3 is 0 Å². The number of carbonyl (C=O) groups is 1. The molecule has 1 amide bonds. The number of aliphatic hydroxyl groups is 1. The van der Waals surface area contributed by atoms with Crippen LogP contribution in [0, 0.1) is 0 Å².